The monoisotopic (exact) mass is 279 g/mol. The molecule has 1 saturated heterocycles. The van der Waals surface area contributed by atoms with Gasteiger partial charge in [-0.1, -0.05) is 0 Å². The lowest BCUT2D eigenvalue weighted by Gasteiger charge is -2.30. The van der Waals surface area contributed by atoms with Crippen molar-refractivity contribution < 1.29 is 0 Å². The number of aromatic nitrogens is 1. The lowest BCUT2D eigenvalue weighted by Crippen LogP contribution is -2.43. The van der Waals surface area contributed by atoms with Crippen molar-refractivity contribution in [3.8, 4) is 0 Å². The molecule has 84 valence electrons. The molecule has 16 heavy (non-hydrogen) atoms. The molecule has 3 rings (SSSR count). The van der Waals surface area contributed by atoms with E-state index >= 15 is 0 Å². The van der Waals surface area contributed by atoms with Crippen molar-refractivity contribution in [1.82, 2.24) is 10.3 Å². The van der Waals surface area contributed by atoms with Crippen LogP contribution in [-0.4, -0.2) is 31.2 Å². The number of aromatic amines is 1. The lowest BCUT2D eigenvalue weighted by molar-refractivity contribution is 0.590. The summed E-state index contributed by atoms with van der Waals surface area (Å²) in [5.74, 6) is 0. The summed E-state index contributed by atoms with van der Waals surface area (Å²) < 4.78 is 1.13. The van der Waals surface area contributed by atoms with Crippen molar-refractivity contribution in [3.63, 3.8) is 0 Å². The Morgan fingerprint density at radius 3 is 2.75 bits per heavy atom. The van der Waals surface area contributed by atoms with Gasteiger partial charge in [0.05, 0.1) is 5.52 Å². The largest absolute Gasteiger partial charge is 0.368 e. The molecule has 1 aliphatic rings. The summed E-state index contributed by atoms with van der Waals surface area (Å²) in [6.07, 6.45) is 2.00. The van der Waals surface area contributed by atoms with E-state index in [1.54, 1.807) is 0 Å². The number of rotatable bonds is 1. The van der Waals surface area contributed by atoms with Gasteiger partial charge in [0.1, 0.15) is 0 Å². The van der Waals surface area contributed by atoms with E-state index in [9.17, 15) is 0 Å². The molecule has 0 unspecified atom stereocenters. The van der Waals surface area contributed by atoms with Crippen LogP contribution in [0.1, 0.15) is 0 Å². The molecule has 1 aromatic carbocycles. The Hall–Kier alpha value is -1.00. The number of fused-ring (bicyclic) bond motifs is 1. The molecule has 4 heteroatoms. The van der Waals surface area contributed by atoms with Gasteiger partial charge in [-0.3, -0.25) is 0 Å². The smallest absolute Gasteiger partial charge is 0.0619 e. The Labute approximate surface area is 103 Å². The first-order chi connectivity index (χ1) is 7.86. The average Bonchev–Trinajstić information content (AvgIpc) is 2.81. The SMILES string of the molecule is Brc1ccc(N2CCNCC2)c2cc[nH]c12. The van der Waals surface area contributed by atoms with Gasteiger partial charge < -0.3 is 15.2 Å². The third-order valence-electron chi connectivity index (χ3n) is 3.11. The van der Waals surface area contributed by atoms with Crippen LogP contribution in [0.15, 0.2) is 28.9 Å². The summed E-state index contributed by atoms with van der Waals surface area (Å²) in [5.41, 5.74) is 2.52. The highest BCUT2D eigenvalue weighted by molar-refractivity contribution is 9.10. The molecule has 1 aromatic heterocycles. The van der Waals surface area contributed by atoms with Gasteiger partial charge in [-0.05, 0) is 34.1 Å². The summed E-state index contributed by atoms with van der Waals surface area (Å²) in [4.78, 5) is 5.72. The fourth-order valence-corrected chi connectivity index (χ4v) is 2.75. The van der Waals surface area contributed by atoms with E-state index in [1.807, 2.05) is 6.20 Å². The predicted octanol–water partition coefficient (Wildman–Crippen LogP) is 2.34. The normalized spacial score (nSPS) is 16.9. The molecular formula is C12H14BrN3. The number of H-pyrrole nitrogens is 1. The lowest BCUT2D eigenvalue weighted by atomic mass is 10.2. The van der Waals surface area contributed by atoms with Gasteiger partial charge >= 0.3 is 0 Å². The third-order valence-corrected chi connectivity index (χ3v) is 3.77. The zero-order valence-electron chi connectivity index (χ0n) is 8.96. The number of benzene rings is 1. The molecule has 0 radical (unpaired) electrons. The van der Waals surface area contributed by atoms with Crippen molar-refractivity contribution >= 4 is 32.5 Å². The molecule has 0 bridgehead atoms. The molecule has 1 fully saturated rings. The number of hydrogen-bond donors (Lipinski definition) is 2. The van der Waals surface area contributed by atoms with Crippen LogP contribution in [0.25, 0.3) is 10.9 Å². The van der Waals surface area contributed by atoms with E-state index in [4.69, 9.17) is 0 Å². The van der Waals surface area contributed by atoms with Gasteiger partial charge in [-0.15, -0.1) is 0 Å². The molecule has 2 N–H and O–H groups in total. The molecule has 0 spiro atoms. The van der Waals surface area contributed by atoms with E-state index < -0.39 is 0 Å². The Bertz CT molecular complexity index is 500. The standard InChI is InChI=1S/C12H14BrN3/c13-10-1-2-11(9-3-4-15-12(9)10)16-7-5-14-6-8-16/h1-4,14-15H,5-8H2. The number of hydrogen-bond acceptors (Lipinski definition) is 2. The van der Waals surface area contributed by atoms with Crippen LogP contribution >= 0.6 is 15.9 Å². The quantitative estimate of drug-likeness (QED) is 0.840. The summed E-state index contributed by atoms with van der Waals surface area (Å²) >= 11 is 3.57. The maximum atomic E-state index is 3.57. The molecule has 0 amide bonds. The minimum absolute atomic E-state index is 1.07. The predicted molar refractivity (Wildman–Crippen MR) is 71.1 cm³/mol. The highest BCUT2D eigenvalue weighted by Crippen LogP contribution is 2.31. The van der Waals surface area contributed by atoms with Gasteiger partial charge in [-0.2, -0.15) is 0 Å². The second-order valence-electron chi connectivity index (χ2n) is 4.07. The summed E-state index contributed by atoms with van der Waals surface area (Å²) in [5, 5.41) is 4.68. The average molecular weight is 280 g/mol. The highest BCUT2D eigenvalue weighted by atomic mass is 79.9. The van der Waals surface area contributed by atoms with Gasteiger partial charge in [0.2, 0.25) is 0 Å². The first kappa shape index (κ1) is 10.2. The van der Waals surface area contributed by atoms with Crippen molar-refractivity contribution in [2.24, 2.45) is 0 Å². The van der Waals surface area contributed by atoms with Crippen molar-refractivity contribution in [2.75, 3.05) is 31.1 Å². The third kappa shape index (κ3) is 1.62. The zero-order chi connectivity index (χ0) is 11.0. The number of piperazine rings is 1. The van der Waals surface area contributed by atoms with Gasteiger partial charge in [-0.25, -0.2) is 0 Å². The van der Waals surface area contributed by atoms with Crippen molar-refractivity contribution in [2.45, 2.75) is 0 Å². The van der Waals surface area contributed by atoms with Crippen LogP contribution in [0, 0.1) is 0 Å². The molecule has 0 atom stereocenters. The molecule has 2 heterocycles. The molecular weight excluding hydrogens is 266 g/mol. The Morgan fingerprint density at radius 1 is 1.12 bits per heavy atom. The molecule has 1 aliphatic heterocycles. The van der Waals surface area contributed by atoms with Crippen molar-refractivity contribution in [1.29, 1.82) is 0 Å². The minimum Gasteiger partial charge on any atom is -0.368 e. The first-order valence-corrected chi connectivity index (χ1v) is 6.37. The summed E-state index contributed by atoms with van der Waals surface area (Å²) in [6, 6.07) is 6.47. The number of nitrogens with zero attached hydrogens (tertiary/aromatic N) is 1. The van der Waals surface area contributed by atoms with Crippen LogP contribution < -0.4 is 10.2 Å². The zero-order valence-corrected chi connectivity index (χ0v) is 10.5. The summed E-state index contributed by atoms with van der Waals surface area (Å²) in [7, 11) is 0. The Balaban J connectivity index is 2.08. The van der Waals surface area contributed by atoms with E-state index in [0.717, 1.165) is 30.7 Å². The topological polar surface area (TPSA) is 31.1 Å². The van der Waals surface area contributed by atoms with E-state index in [2.05, 4.69) is 49.3 Å². The number of anilines is 1. The molecule has 0 aliphatic carbocycles. The molecule has 3 nitrogen and oxygen atoms in total. The fourth-order valence-electron chi connectivity index (χ4n) is 2.29. The van der Waals surface area contributed by atoms with Crippen molar-refractivity contribution in [3.05, 3.63) is 28.9 Å². The van der Waals surface area contributed by atoms with Crippen LogP contribution in [0.5, 0.6) is 0 Å². The first-order valence-electron chi connectivity index (χ1n) is 5.57. The number of halogens is 1. The van der Waals surface area contributed by atoms with Crippen LogP contribution in [-0.2, 0) is 0 Å². The fraction of sp³-hybridized carbons (Fsp3) is 0.333. The van der Waals surface area contributed by atoms with E-state index in [1.165, 1.54) is 16.6 Å². The van der Waals surface area contributed by atoms with Crippen LogP contribution in [0.2, 0.25) is 0 Å². The molecule has 0 saturated carbocycles. The number of nitrogens with one attached hydrogen (secondary N) is 2. The minimum atomic E-state index is 1.07. The van der Waals surface area contributed by atoms with Crippen LogP contribution in [0.4, 0.5) is 5.69 Å². The van der Waals surface area contributed by atoms with Gasteiger partial charge in [0.15, 0.2) is 0 Å². The summed E-state index contributed by atoms with van der Waals surface area (Å²) in [6.45, 7) is 4.31. The maximum absolute atomic E-state index is 3.57. The van der Waals surface area contributed by atoms with E-state index in [0.29, 0.717) is 0 Å². The second-order valence-corrected chi connectivity index (χ2v) is 4.92. The van der Waals surface area contributed by atoms with Gasteiger partial charge in [0.25, 0.3) is 0 Å². The Kier molecular flexibility index (Phi) is 2.61. The van der Waals surface area contributed by atoms with Crippen LogP contribution in [0.3, 0.4) is 0 Å². The second kappa shape index (κ2) is 4.11. The highest BCUT2D eigenvalue weighted by Gasteiger charge is 2.14. The Morgan fingerprint density at radius 2 is 1.94 bits per heavy atom. The van der Waals surface area contributed by atoms with E-state index in [-0.39, 0.29) is 0 Å². The molecule has 2 aromatic rings. The maximum Gasteiger partial charge on any atom is 0.0619 e. The van der Waals surface area contributed by atoms with Gasteiger partial charge in [0, 0.05) is 47.9 Å².